The highest BCUT2D eigenvalue weighted by atomic mass is 32.2. The summed E-state index contributed by atoms with van der Waals surface area (Å²) in [5, 5.41) is 17.6. The van der Waals surface area contributed by atoms with Crippen molar-refractivity contribution in [3.63, 3.8) is 0 Å². The molecule has 224 valence electrons. The Morgan fingerprint density at radius 1 is 1.05 bits per heavy atom. The number of hydrogen-bond donors (Lipinski definition) is 4. The molecular formula is C29H40N4O7S. The fourth-order valence-corrected chi connectivity index (χ4v) is 4.86. The number of methoxy groups -OCH3 is 1. The lowest BCUT2D eigenvalue weighted by Gasteiger charge is -2.23. The smallest absolute Gasteiger partial charge is 0.251 e. The summed E-state index contributed by atoms with van der Waals surface area (Å²) < 4.78 is 31.6. The molecule has 0 aliphatic rings. The van der Waals surface area contributed by atoms with Gasteiger partial charge in [-0.2, -0.15) is 0 Å². The molecule has 3 amide bonds. The van der Waals surface area contributed by atoms with Crippen LogP contribution in [0.4, 0.5) is 5.69 Å². The van der Waals surface area contributed by atoms with Crippen molar-refractivity contribution in [2.24, 2.45) is 0 Å². The van der Waals surface area contributed by atoms with Crippen molar-refractivity contribution < 1.29 is 32.6 Å². The van der Waals surface area contributed by atoms with Crippen molar-refractivity contribution in [1.29, 1.82) is 0 Å². The van der Waals surface area contributed by atoms with Crippen LogP contribution in [0, 0.1) is 0 Å². The van der Waals surface area contributed by atoms with Gasteiger partial charge in [0.15, 0.2) is 0 Å². The highest BCUT2D eigenvalue weighted by Gasteiger charge is 2.25. The summed E-state index contributed by atoms with van der Waals surface area (Å²) >= 11 is 0. The Morgan fingerprint density at radius 3 is 2.34 bits per heavy atom. The number of amides is 3. The largest absolute Gasteiger partial charge is 0.391 e. The molecule has 1 unspecified atom stereocenters. The summed E-state index contributed by atoms with van der Waals surface area (Å²) in [6.07, 6.45) is -0.264. The molecule has 11 nitrogen and oxygen atoms in total. The van der Waals surface area contributed by atoms with Gasteiger partial charge < -0.3 is 25.8 Å². The fourth-order valence-electron chi connectivity index (χ4n) is 3.83. The number of allylic oxidation sites excluding steroid dienone is 1. The first-order chi connectivity index (χ1) is 19.4. The van der Waals surface area contributed by atoms with E-state index in [0.717, 1.165) is 9.87 Å². The molecular weight excluding hydrogens is 548 g/mol. The van der Waals surface area contributed by atoms with Gasteiger partial charge in [-0.25, -0.2) is 8.42 Å². The maximum atomic E-state index is 12.9. The van der Waals surface area contributed by atoms with Crippen molar-refractivity contribution in [2.45, 2.75) is 50.7 Å². The number of anilines is 1. The Hall–Kier alpha value is -3.74. The molecule has 0 spiro atoms. The second-order valence-corrected chi connectivity index (χ2v) is 12.3. The van der Waals surface area contributed by atoms with E-state index in [0.29, 0.717) is 24.2 Å². The van der Waals surface area contributed by atoms with E-state index >= 15 is 0 Å². The van der Waals surface area contributed by atoms with Gasteiger partial charge in [0, 0.05) is 39.2 Å². The van der Waals surface area contributed by atoms with Gasteiger partial charge in [-0.05, 0) is 49.6 Å². The molecule has 2 aromatic rings. The van der Waals surface area contributed by atoms with E-state index in [1.807, 2.05) is 30.3 Å². The number of nitrogens with one attached hydrogen (secondary N) is 3. The third-order valence-corrected chi connectivity index (χ3v) is 8.44. The van der Waals surface area contributed by atoms with Crippen molar-refractivity contribution in [1.82, 2.24) is 16.0 Å². The van der Waals surface area contributed by atoms with Crippen LogP contribution >= 0.6 is 0 Å². The van der Waals surface area contributed by atoms with E-state index < -0.39 is 39.3 Å². The Labute approximate surface area is 242 Å². The molecule has 0 saturated heterocycles. The van der Waals surface area contributed by atoms with Gasteiger partial charge in [0.05, 0.1) is 23.6 Å². The third-order valence-electron chi connectivity index (χ3n) is 6.28. The molecule has 0 aromatic heterocycles. The van der Waals surface area contributed by atoms with Crippen molar-refractivity contribution in [3.05, 3.63) is 77.9 Å². The number of benzene rings is 2. The highest BCUT2D eigenvalue weighted by Crippen LogP contribution is 2.23. The molecule has 0 aliphatic carbocycles. The number of carbonyl (C=O) groups excluding carboxylic acids is 3. The average Bonchev–Trinajstić information content (AvgIpc) is 2.96. The number of carbonyl (C=O) groups is 3. The maximum absolute atomic E-state index is 12.9. The van der Waals surface area contributed by atoms with Gasteiger partial charge in [-0.1, -0.05) is 36.4 Å². The minimum atomic E-state index is -3.62. The summed E-state index contributed by atoms with van der Waals surface area (Å²) in [7, 11) is -0.890. The fraction of sp³-hybridized carbons (Fsp3) is 0.414. The number of rotatable bonds is 16. The monoisotopic (exact) mass is 588 g/mol. The molecule has 0 heterocycles. The number of aliphatic hydroxyl groups excluding tert-OH is 1. The Kier molecular flexibility index (Phi) is 13.0. The predicted octanol–water partition coefficient (Wildman–Crippen LogP) is 1.52. The molecule has 41 heavy (non-hydrogen) atoms. The summed E-state index contributed by atoms with van der Waals surface area (Å²) in [4.78, 5) is 37.5. The molecule has 0 aliphatic heterocycles. The van der Waals surface area contributed by atoms with Crippen molar-refractivity contribution in [3.8, 4) is 0 Å². The molecule has 0 fully saturated rings. The second-order valence-electron chi connectivity index (χ2n) is 9.75. The summed E-state index contributed by atoms with van der Waals surface area (Å²) in [6, 6.07) is 14.1. The van der Waals surface area contributed by atoms with E-state index in [9.17, 15) is 27.9 Å². The zero-order valence-electron chi connectivity index (χ0n) is 23.9. The maximum Gasteiger partial charge on any atom is 0.251 e. The van der Waals surface area contributed by atoms with Crippen LogP contribution in [0.15, 0.2) is 61.2 Å². The standard InChI is InChI=1S/C29H40N4O7S/c1-6-10-22-13-23(15-24(14-22)33(4)41(38,39)20(2)3)28(36)31-18-25(34)16-26(40-5)29(37)32-19-27(35)30-17-21-11-8-7-9-12-21/h6-9,11-15,20,25-26,34H,1,10,16-19H2,2-5H3,(H,30,35)(H,31,36)(H,32,37)/t25?,26-/m1/s1. The number of aliphatic hydroxyl groups is 1. The van der Waals surface area contributed by atoms with Gasteiger partial charge in [0.2, 0.25) is 21.8 Å². The van der Waals surface area contributed by atoms with Crippen LogP contribution in [-0.4, -0.2) is 76.0 Å². The first kappa shape index (κ1) is 33.5. The molecule has 2 aromatic carbocycles. The van der Waals surface area contributed by atoms with Crippen LogP contribution in [0.2, 0.25) is 0 Å². The number of nitrogens with zero attached hydrogens (tertiary/aromatic N) is 1. The molecule has 2 atom stereocenters. The predicted molar refractivity (Wildman–Crippen MR) is 158 cm³/mol. The average molecular weight is 589 g/mol. The molecule has 0 bridgehead atoms. The Morgan fingerprint density at radius 2 is 1.73 bits per heavy atom. The molecule has 0 saturated carbocycles. The third kappa shape index (κ3) is 10.3. The van der Waals surface area contributed by atoms with Crippen LogP contribution in [-0.2, 0) is 37.3 Å². The van der Waals surface area contributed by atoms with Gasteiger partial charge in [-0.3, -0.25) is 18.7 Å². The zero-order chi connectivity index (χ0) is 30.6. The van der Waals surface area contributed by atoms with Crippen LogP contribution < -0.4 is 20.3 Å². The lowest BCUT2D eigenvalue weighted by Crippen LogP contribution is -2.44. The SMILES string of the molecule is C=CCc1cc(C(=O)NCC(O)C[C@@H](OC)C(=O)NCC(=O)NCc2ccccc2)cc(N(C)S(=O)(=O)C(C)C)c1. The van der Waals surface area contributed by atoms with Gasteiger partial charge >= 0.3 is 0 Å². The topological polar surface area (TPSA) is 154 Å². The van der Waals surface area contributed by atoms with Crippen molar-refractivity contribution >= 4 is 33.4 Å². The zero-order valence-corrected chi connectivity index (χ0v) is 24.7. The molecule has 12 heteroatoms. The van der Waals surface area contributed by atoms with E-state index in [1.165, 1.54) is 20.2 Å². The van der Waals surface area contributed by atoms with Gasteiger partial charge in [-0.15, -0.1) is 6.58 Å². The molecule has 2 rings (SSSR count). The summed E-state index contributed by atoms with van der Waals surface area (Å²) in [5.74, 6) is -1.49. The lowest BCUT2D eigenvalue weighted by atomic mass is 10.1. The van der Waals surface area contributed by atoms with Gasteiger partial charge in [0.1, 0.15) is 6.10 Å². The van der Waals surface area contributed by atoms with Gasteiger partial charge in [0.25, 0.3) is 5.91 Å². The number of hydrogen-bond acceptors (Lipinski definition) is 7. The van der Waals surface area contributed by atoms with E-state index in [1.54, 1.807) is 32.1 Å². The number of ether oxygens (including phenoxy) is 1. The first-order valence-corrected chi connectivity index (χ1v) is 14.7. The van der Waals surface area contributed by atoms with E-state index in [2.05, 4.69) is 22.5 Å². The second kappa shape index (κ2) is 15.9. The van der Waals surface area contributed by atoms with Crippen LogP contribution in [0.3, 0.4) is 0 Å². The quantitative estimate of drug-likeness (QED) is 0.217. The van der Waals surface area contributed by atoms with Crippen molar-refractivity contribution in [2.75, 3.05) is 31.6 Å². The first-order valence-electron chi connectivity index (χ1n) is 13.2. The lowest BCUT2D eigenvalue weighted by molar-refractivity contribution is -0.134. The number of sulfonamides is 1. The van der Waals surface area contributed by atoms with E-state index in [-0.39, 0.29) is 31.0 Å². The molecule has 4 N–H and O–H groups in total. The van der Waals surface area contributed by atoms with Crippen LogP contribution in [0.1, 0.15) is 41.8 Å². The minimum Gasteiger partial charge on any atom is -0.391 e. The normalized spacial score (nSPS) is 12.7. The Bertz CT molecular complexity index is 1300. The minimum absolute atomic E-state index is 0.134. The summed E-state index contributed by atoms with van der Waals surface area (Å²) in [6.45, 7) is 6.72. The highest BCUT2D eigenvalue weighted by molar-refractivity contribution is 7.93. The molecule has 0 radical (unpaired) electrons. The van der Waals surface area contributed by atoms with E-state index in [4.69, 9.17) is 4.74 Å². The summed E-state index contributed by atoms with van der Waals surface area (Å²) in [5.41, 5.74) is 2.15. The Balaban J connectivity index is 1.94. The van der Waals surface area contributed by atoms with Crippen LogP contribution in [0.25, 0.3) is 0 Å². The van der Waals surface area contributed by atoms with Crippen LogP contribution in [0.5, 0.6) is 0 Å².